The summed E-state index contributed by atoms with van der Waals surface area (Å²) in [6.07, 6.45) is 3.18. The Bertz CT molecular complexity index is 264. The van der Waals surface area contributed by atoms with E-state index in [4.69, 9.17) is 9.84 Å². The van der Waals surface area contributed by atoms with Crippen molar-refractivity contribution < 1.29 is 14.6 Å². The van der Waals surface area contributed by atoms with Gasteiger partial charge in [0.1, 0.15) is 6.61 Å². The van der Waals surface area contributed by atoms with Gasteiger partial charge in [0.25, 0.3) is 0 Å². The number of rotatable bonds is 4. The molecule has 0 aromatic carbocycles. The van der Waals surface area contributed by atoms with E-state index in [0.717, 1.165) is 26.1 Å². The third kappa shape index (κ3) is 3.10. The smallest absolute Gasteiger partial charge is 0.410 e. The van der Waals surface area contributed by atoms with Crippen LogP contribution in [0.15, 0.2) is 0 Å². The second-order valence-corrected chi connectivity index (χ2v) is 5.14. The van der Waals surface area contributed by atoms with Gasteiger partial charge in [-0.05, 0) is 45.3 Å². The maximum atomic E-state index is 11.5. The lowest BCUT2D eigenvalue weighted by Gasteiger charge is -2.30. The van der Waals surface area contributed by atoms with Gasteiger partial charge in [0.2, 0.25) is 0 Å². The van der Waals surface area contributed by atoms with E-state index in [2.05, 4.69) is 11.9 Å². The summed E-state index contributed by atoms with van der Waals surface area (Å²) in [5.41, 5.74) is 0. The van der Waals surface area contributed by atoms with Gasteiger partial charge in [-0.15, -0.1) is 0 Å². The first kappa shape index (κ1) is 12.6. The number of aliphatic hydroxyl groups excluding tert-OH is 1. The van der Waals surface area contributed by atoms with E-state index in [0.29, 0.717) is 12.5 Å². The molecule has 0 aromatic rings. The number of hydrogen-bond donors (Lipinski definition) is 1. The van der Waals surface area contributed by atoms with Gasteiger partial charge in [-0.2, -0.15) is 0 Å². The number of amides is 1. The summed E-state index contributed by atoms with van der Waals surface area (Å²) in [4.78, 5) is 15.5. The second kappa shape index (κ2) is 5.69. The van der Waals surface area contributed by atoms with E-state index in [1.54, 1.807) is 4.90 Å². The maximum absolute atomic E-state index is 11.5. The molecule has 98 valence electrons. The van der Waals surface area contributed by atoms with Crippen LogP contribution in [-0.4, -0.2) is 66.9 Å². The predicted octanol–water partition coefficient (Wildman–Crippen LogP) is 0.531. The van der Waals surface area contributed by atoms with Crippen molar-refractivity contribution in [1.29, 1.82) is 0 Å². The number of hydrogen-bond acceptors (Lipinski definition) is 4. The molecular weight excluding hydrogens is 220 g/mol. The van der Waals surface area contributed by atoms with Crippen molar-refractivity contribution in [2.45, 2.75) is 25.3 Å². The minimum absolute atomic E-state index is 0.000849. The van der Waals surface area contributed by atoms with Crippen LogP contribution in [0.3, 0.4) is 0 Å². The Morgan fingerprint density at radius 1 is 1.41 bits per heavy atom. The van der Waals surface area contributed by atoms with Gasteiger partial charge in [0, 0.05) is 6.54 Å². The van der Waals surface area contributed by atoms with E-state index in [-0.39, 0.29) is 18.7 Å². The number of likely N-dealkylation sites (tertiary alicyclic amines) is 1. The van der Waals surface area contributed by atoms with Crippen molar-refractivity contribution in [3.8, 4) is 0 Å². The molecule has 5 nitrogen and oxygen atoms in total. The Morgan fingerprint density at radius 3 is 2.76 bits per heavy atom. The number of carbonyl (C=O) groups is 1. The Balaban J connectivity index is 1.75. The van der Waals surface area contributed by atoms with Crippen molar-refractivity contribution in [3.05, 3.63) is 0 Å². The summed E-state index contributed by atoms with van der Waals surface area (Å²) < 4.78 is 4.94. The SMILES string of the molecule is CN1CCC(CCN2C(=O)OCC2CO)CC1. The highest BCUT2D eigenvalue weighted by atomic mass is 16.6. The second-order valence-electron chi connectivity index (χ2n) is 5.14. The van der Waals surface area contributed by atoms with Crippen LogP contribution in [0.1, 0.15) is 19.3 Å². The molecule has 0 spiro atoms. The van der Waals surface area contributed by atoms with Gasteiger partial charge in [-0.25, -0.2) is 4.79 Å². The third-order valence-corrected chi connectivity index (χ3v) is 3.90. The lowest BCUT2D eigenvalue weighted by molar-refractivity contribution is 0.143. The first-order chi connectivity index (χ1) is 8.20. The molecule has 1 amide bonds. The highest BCUT2D eigenvalue weighted by Crippen LogP contribution is 2.21. The highest BCUT2D eigenvalue weighted by Gasteiger charge is 2.32. The van der Waals surface area contributed by atoms with Crippen molar-refractivity contribution in [1.82, 2.24) is 9.80 Å². The molecular formula is C12H22N2O3. The van der Waals surface area contributed by atoms with Crippen LogP contribution in [0, 0.1) is 5.92 Å². The van der Waals surface area contributed by atoms with Crippen LogP contribution in [-0.2, 0) is 4.74 Å². The zero-order valence-corrected chi connectivity index (χ0v) is 10.5. The van der Waals surface area contributed by atoms with Crippen LogP contribution >= 0.6 is 0 Å². The maximum Gasteiger partial charge on any atom is 0.410 e. The van der Waals surface area contributed by atoms with Crippen LogP contribution in [0.2, 0.25) is 0 Å². The van der Waals surface area contributed by atoms with E-state index < -0.39 is 0 Å². The number of ether oxygens (including phenoxy) is 1. The Kier molecular flexibility index (Phi) is 4.23. The summed E-state index contributed by atoms with van der Waals surface area (Å²) in [6.45, 7) is 3.36. The quantitative estimate of drug-likeness (QED) is 0.781. The molecule has 0 aliphatic carbocycles. The molecule has 2 rings (SSSR count). The van der Waals surface area contributed by atoms with Crippen LogP contribution in [0.4, 0.5) is 4.79 Å². The molecule has 1 unspecified atom stereocenters. The third-order valence-electron chi connectivity index (χ3n) is 3.90. The van der Waals surface area contributed by atoms with Crippen LogP contribution in [0.5, 0.6) is 0 Å². The van der Waals surface area contributed by atoms with Gasteiger partial charge in [-0.3, -0.25) is 4.90 Å². The molecule has 0 aromatic heterocycles. The Labute approximate surface area is 102 Å². The predicted molar refractivity (Wildman–Crippen MR) is 63.8 cm³/mol. The van der Waals surface area contributed by atoms with Crippen LogP contribution < -0.4 is 0 Å². The first-order valence-electron chi connectivity index (χ1n) is 6.43. The van der Waals surface area contributed by atoms with Crippen molar-refractivity contribution >= 4 is 6.09 Å². The fraction of sp³-hybridized carbons (Fsp3) is 0.917. The van der Waals surface area contributed by atoms with E-state index in [9.17, 15) is 4.79 Å². The lowest BCUT2D eigenvalue weighted by Crippen LogP contribution is -2.38. The fourth-order valence-electron chi connectivity index (χ4n) is 2.59. The minimum Gasteiger partial charge on any atom is -0.447 e. The highest BCUT2D eigenvalue weighted by molar-refractivity contribution is 5.70. The number of piperidine rings is 1. The summed E-state index contributed by atoms with van der Waals surface area (Å²) in [5.74, 6) is 0.707. The van der Waals surface area contributed by atoms with Crippen molar-refractivity contribution in [3.63, 3.8) is 0 Å². The average molecular weight is 242 g/mol. The molecule has 0 bridgehead atoms. The fourth-order valence-corrected chi connectivity index (χ4v) is 2.59. The molecule has 0 radical (unpaired) electrons. The molecule has 2 heterocycles. The van der Waals surface area contributed by atoms with Gasteiger partial charge < -0.3 is 14.7 Å². The lowest BCUT2D eigenvalue weighted by atomic mass is 9.93. The molecule has 2 aliphatic heterocycles. The number of carbonyl (C=O) groups excluding carboxylic acids is 1. The average Bonchev–Trinajstić information content (AvgIpc) is 2.69. The monoisotopic (exact) mass is 242 g/mol. The molecule has 1 N–H and O–H groups in total. The summed E-state index contributed by atoms with van der Waals surface area (Å²) in [6, 6.07) is -0.131. The largest absolute Gasteiger partial charge is 0.447 e. The van der Waals surface area contributed by atoms with Crippen molar-refractivity contribution in [2.75, 3.05) is 39.9 Å². The van der Waals surface area contributed by atoms with Crippen molar-refractivity contribution in [2.24, 2.45) is 5.92 Å². The standard InChI is InChI=1S/C12H22N2O3/c1-13-5-2-10(3-6-13)4-7-14-11(8-15)9-17-12(14)16/h10-11,15H,2-9H2,1H3. The number of nitrogens with zero attached hydrogens (tertiary/aromatic N) is 2. The number of cyclic esters (lactones) is 1. The van der Waals surface area contributed by atoms with Gasteiger partial charge >= 0.3 is 6.09 Å². The Hall–Kier alpha value is -0.810. The minimum atomic E-state index is -0.267. The molecule has 2 aliphatic rings. The molecule has 17 heavy (non-hydrogen) atoms. The molecule has 0 saturated carbocycles. The summed E-state index contributed by atoms with van der Waals surface area (Å²) in [7, 11) is 2.15. The molecule has 1 atom stereocenters. The van der Waals surface area contributed by atoms with E-state index >= 15 is 0 Å². The Morgan fingerprint density at radius 2 is 2.12 bits per heavy atom. The topological polar surface area (TPSA) is 53.0 Å². The normalized spacial score (nSPS) is 27.5. The van der Waals surface area contributed by atoms with E-state index in [1.165, 1.54) is 12.8 Å². The van der Waals surface area contributed by atoms with Gasteiger partial charge in [0.15, 0.2) is 0 Å². The molecule has 2 saturated heterocycles. The van der Waals surface area contributed by atoms with E-state index in [1.807, 2.05) is 0 Å². The zero-order chi connectivity index (χ0) is 12.3. The molecule has 5 heteroatoms. The van der Waals surface area contributed by atoms with Crippen LogP contribution in [0.25, 0.3) is 0 Å². The zero-order valence-electron chi connectivity index (χ0n) is 10.5. The van der Waals surface area contributed by atoms with Gasteiger partial charge in [-0.1, -0.05) is 0 Å². The molecule has 2 fully saturated rings. The first-order valence-corrected chi connectivity index (χ1v) is 6.43. The summed E-state index contributed by atoms with van der Waals surface area (Å²) >= 11 is 0. The van der Waals surface area contributed by atoms with Gasteiger partial charge in [0.05, 0.1) is 12.6 Å². The summed E-state index contributed by atoms with van der Waals surface area (Å²) in [5, 5.41) is 9.15. The number of aliphatic hydroxyl groups is 1.